The molecule has 0 amide bonds. The Morgan fingerprint density at radius 1 is 1.44 bits per heavy atom. The summed E-state index contributed by atoms with van der Waals surface area (Å²) >= 11 is 1.63. The summed E-state index contributed by atoms with van der Waals surface area (Å²) in [7, 11) is 0. The highest BCUT2D eigenvalue weighted by Crippen LogP contribution is 2.33. The molecule has 0 radical (unpaired) electrons. The summed E-state index contributed by atoms with van der Waals surface area (Å²) in [6.45, 7) is 0. The number of hydrogen-bond acceptors (Lipinski definition) is 5. The van der Waals surface area contributed by atoms with Crippen molar-refractivity contribution >= 4 is 11.3 Å². The van der Waals surface area contributed by atoms with Gasteiger partial charge >= 0.3 is 0 Å². The molecule has 2 aromatic heterocycles. The van der Waals surface area contributed by atoms with Gasteiger partial charge in [0, 0.05) is 22.9 Å². The van der Waals surface area contributed by atoms with E-state index in [9.17, 15) is 0 Å². The lowest BCUT2D eigenvalue weighted by atomic mass is 10.1. The van der Waals surface area contributed by atoms with Gasteiger partial charge in [0.2, 0.25) is 11.7 Å². The van der Waals surface area contributed by atoms with Gasteiger partial charge in [-0.1, -0.05) is 5.16 Å². The number of nitrogens with two attached hydrogens (primary N) is 1. The minimum absolute atomic E-state index is 0.293. The van der Waals surface area contributed by atoms with Crippen molar-refractivity contribution in [1.82, 2.24) is 10.1 Å². The standard InChI is InChI=1S/C11H13N3OS/c12-9-2-1-7(5-9)11-13-10(14-15-11)8-3-4-16-6-8/h3-4,6-7,9H,1-2,5,12H2. The van der Waals surface area contributed by atoms with Gasteiger partial charge in [0.05, 0.1) is 0 Å². The molecule has 1 saturated carbocycles. The maximum atomic E-state index is 5.88. The molecule has 0 spiro atoms. The Balaban J connectivity index is 1.83. The fourth-order valence-electron chi connectivity index (χ4n) is 2.15. The van der Waals surface area contributed by atoms with E-state index in [4.69, 9.17) is 10.3 Å². The Morgan fingerprint density at radius 2 is 2.38 bits per heavy atom. The highest BCUT2D eigenvalue weighted by molar-refractivity contribution is 7.08. The Hall–Kier alpha value is -1.20. The third-order valence-corrected chi connectivity index (χ3v) is 3.73. The monoisotopic (exact) mass is 235 g/mol. The van der Waals surface area contributed by atoms with Crippen LogP contribution in [-0.4, -0.2) is 16.2 Å². The number of aromatic nitrogens is 2. The molecule has 5 heteroatoms. The molecule has 2 heterocycles. The first kappa shape index (κ1) is 9.99. The van der Waals surface area contributed by atoms with E-state index in [0.29, 0.717) is 17.8 Å². The largest absolute Gasteiger partial charge is 0.339 e. The zero-order chi connectivity index (χ0) is 11.0. The lowest BCUT2D eigenvalue weighted by Gasteiger charge is -2.01. The van der Waals surface area contributed by atoms with Crippen molar-refractivity contribution < 1.29 is 4.52 Å². The van der Waals surface area contributed by atoms with Crippen molar-refractivity contribution in [2.24, 2.45) is 5.73 Å². The minimum Gasteiger partial charge on any atom is -0.339 e. The second-order valence-corrected chi connectivity index (χ2v) is 5.02. The fourth-order valence-corrected chi connectivity index (χ4v) is 2.79. The number of hydrogen-bond donors (Lipinski definition) is 1. The molecule has 1 aliphatic rings. The number of nitrogens with zero attached hydrogens (tertiary/aromatic N) is 2. The zero-order valence-electron chi connectivity index (χ0n) is 8.80. The highest BCUT2D eigenvalue weighted by atomic mass is 32.1. The average molecular weight is 235 g/mol. The summed E-state index contributed by atoms with van der Waals surface area (Å²) in [4.78, 5) is 4.44. The third-order valence-electron chi connectivity index (χ3n) is 3.04. The predicted octanol–water partition coefficient (Wildman–Crippen LogP) is 2.39. The van der Waals surface area contributed by atoms with Gasteiger partial charge in [0.1, 0.15) is 0 Å². The van der Waals surface area contributed by atoms with Crippen LogP contribution in [0.15, 0.2) is 21.3 Å². The molecule has 2 aromatic rings. The van der Waals surface area contributed by atoms with Crippen molar-refractivity contribution in [1.29, 1.82) is 0 Å². The molecule has 2 atom stereocenters. The van der Waals surface area contributed by atoms with E-state index in [1.165, 1.54) is 0 Å². The molecule has 3 rings (SSSR count). The summed E-state index contributed by atoms with van der Waals surface area (Å²) in [5.74, 6) is 1.79. The molecule has 16 heavy (non-hydrogen) atoms. The predicted molar refractivity (Wildman–Crippen MR) is 62.2 cm³/mol. The van der Waals surface area contributed by atoms with Crippen LogP contribution in [0.5, 0.6) is 0 Å². The van der Waals surface area contributed by atoms with Gasteiger partial charge in [-0.2, -0.15) is 16.3 Å². The van der Waals surface area contributed by atoms with Gasteiger partial charge in [0.25, 0.3) is 0 Å². The summed E-state index contributed by atoms with van der Waals surface area (Å²) in [6.07, 6.45) is 3.08. The van der Waals surface area contributed by atoms with Crippen molar-refractivity contribution in [3.8, 4) is 11.4 Å². The second-order valence-electron chi connectivity index (χ2n) is 4.24. The average Bonchev–Trinajstić information content (AvgIpc) is 2.97. The maximum Gasteiger partial charge on any atom is 0.230 e. The van der Waals surface area contributed by atoms with Crippen LogP contribution in [0.4, 0.5) is 0 Å². The van der Waals surface area contributed by atoms with Crippen LogP contribution in [-0.2, 0) is 0 Å². The van der Waals surface area contributed by atoms with Gasteiger partial charge in [0.15, 0.2) is 0 Å². The lowest BCUT2D eigenvalue weighted by Crippen LogP contribution is -2.14. The second kappa shape index (κ2) is 3.99. The molecule has 1 fully saturated rings. The first-order valence-corrected chi connectivity index (χ1v) is 6.39. The fraction of sp³-hybridized carbons (Fsp3) is 0.455. The van der Waals surface area contributed by atoms with Crippen LogP contribution in [0.3, 0.4) is 0 Å². The van der Waals surface area contributed by atoms with Crippen LogP contribution < -0.4 is 5.73 Å². The molecule has 0 aromatic carbocycles. The third kappa shape index (κ3) is 1.76. The van der Waals surface area contributed by atoms with Crippen LogP contribution in [0.25, 0.3) is 11.4 Å². The van der Waals surface area contributed by atoms with Crippen molar-refractivity contribution in [2.45, 2.75) is 31.2 Å². The maximum absolute atomic E-state index is 5.88. The van der Waals surface area contributed by atoms with E-state index in [0.717, 1.165) is 30.7 Å². The van der Waals surface area contributed by atoms with E-state index in [1.807, 2.05) is 16.8 Å². The Kier molecular flexibility index (Phi) is 2.49. The SMILES string of the molecule is NC1CCC(c2nc(-c3ccsc3)no2)C1. The van der Waals surface area contributed by atoms with Crippen molar-refractivity contribution in [2.75, 3.05) is 0 Å². The zero-order valence-corrected chi connectivity index (χ0v) is 9.61. The molecule has 2 N–H and O–H groups in total. The van der Waals surface area contributed by atoms with Gasteiger partial charge in [-0.25, -0.2) is 0 Å². The quantitative estimate of drug-likeness (QED) is 0.868. The van der Waals surface area contributed by atoms with E-state index < -0.39 is 0 Å². The van der Waals surface area contributed by atoms with E-state index in [2.05, 4.69) is 10.1 Å². The summed E-state index contributed by atoms with van der Waals surface area (Å²) in [6, 6.07) is 2.29. The Bertz CT molecular complexity index is 465. The molecule has 1 aliphatic carbocycles. The molecule has 84 valence electrons. The topological polar surface area (TPSA) is 64.9 Å². The highest BCUT2D eigenvalue weighted by Gasteiger charge is 2.27. The van der Waals surface area contributed by atoms with Crippen molar-refractivity contribution in [3.63, 3.8) is 0 Å². The van der Waals surface area contributed by atoms with Crippen LogP contribution in [0.1, 0.15) is 31.1 Å². The van der Waals surface area contributed by atoms with Gasteiger partial charge in [-0.3, -0.25) is 0 Å². The van der Waals surface area contributed by atoms with E-state index in [1.54, 1.807) is 11.3 Å². The van der Waals surface area contributed by atoms with E-state index in [-0.39, 0.29) is 0 Å². The lowest BCUT2D eigenvalue weighted by molar-refractivity contribution is 0.353. The molecule has 0 bridgehead atoms. The number of rotatable bonds is 2. The first-order valence-electron chi connectivity index (χ1n) is 5.44. The van der Waals surface area contributed by atoms with Crippen LogP contribution >= 0.6 is 11.3 Å². The molecule has 2 unspecified atom stereocenters. The smallest absolute Gasteiger partial charge is 0.230 e. The molecular formula is C11H13N3OS. The Labute approximate surface area is 97.5 Å². The number of thiophene rings is 1. The molecule has 0 aliphatic heterocycles. The van der Waals surface area contributed by atoms with Crippen LogP contribution in [0, 0.1) is 0 Å². The van der Waals surface area contributed by atoms with Crippen molar-refractivity contribution in [3.05, 3.63) is 22.7 Å². The van der Waals surface area contributed by atoms with Gasteiger partial charge < -0.3 is 10.3 Å². The van der Waals surface area contributed by atoms with Gasteiger partial charge in [-0.05, 0) is 30.7 Å². The Morgan fingerprint density at radius 3 is 3.06 bits per heavy atom. The summed E-state index contributed by atoms with van der Waals surface area (Å²) in [5.41, 5.74) is 6.91. The van der Waals surface area contributed by atoms with Crippen LogP contribution in [0.2, 0.25) is 0 Å². The normalized spacial score (nSPS) is 25.1. The molecule has 0 saturated heterocycles. The van der Waals surface area contributed by atoms with E-state index >= 15 is 0 Å². The first-order chi connectivity index (χ1) is 7.83. The summed E-state index contributed by atoms with van der Waals surface area (Å²) < 4.78 is 5.31. The van der Waals surface area contributed by atoms with Gasteiger partial charge in [-0.15, -0.1) is 0 Å². The molecular weight excluding hydrogens is 222 g/mol. The summed E-state index contributed by atoms with van der Waals surface area (Å²) in [5, 5.41) is 8.04. The molecule has 4 nitrogen and oxygen atoms in total. The minimum atomic E-state index is 0.293.